The molecule has 27 heavy (non-hydrogen) atoms. The maximum atomic E-state index is 13.4. The topological polar surface area (TPSA) is 66.5 Å². The monoisotopic (exact) mass is 410 g/mol. The number of aryl methyl sites for hydroxylation is 1. The Morgan fingerprint density at radius 2 is 1.93 bits per heavy atom. The van der Waals surface area contributed by atoms with Crippen LogP contribution in [-0.2, 0) is 14.8 Å². The van der Waals surface area contributed by atoms with Gasteiger partial charge in [0.25, 0.3) is 0 Å². The second-order valence-corrected chi connectivity index (χ2v) is 8.98. The van der Waals surface area contributed by atoms with Crippen molar-refractivity contribution in [2.24, 2.45) is 5.92 Å². The van der Waals surface area contributed by atoms with Gasteiger partial charge in [-0.2, -0.15) is 4.31 Å². The summed E-state index contributed by atoms with van der Waals surface area (Å²) in [6.45, 7) is 2.21. The first kappa shape index (κ1) is 19.8. The minimum atomic E-state index is -3.70. The highest BCUT2D eigenvalue weighted by molar-refractivity contribution is 7.89. The lowest BCUT2D eigenvalue weighted by Crippen LogP contribution is -2.43. The van der Waals surface area contributed by atoms with Crippen LogP contribution in [0, 0.1) is 18.7 Å². The molecule has 1 aliphatic heterocycles. The number of rotatable bonds is 4. The lowest BCUT2D eigenvalue weighted by Gasteiger charge is -2.31. The van der Waals surface area contributed by atoms with Crippen molar-refractivity contribution < 1.29 is 17.6 Å². The Morgan fingerprint density at radius 3 is 2.63 bits per heavy atom. The molecular weight excluding hydrogens is 391 g/mol. The number of carbonyl (C=O) groups excluding carboxylic acids is 1. The van der Waals surface area contributed by atoms with Crippen molar-refractivity contribution in [2.45, 2.75) is 24.7 Å². The molecule has 144 valence electrons. The molecule has 1 N–H and O–H groups in total. The molecule has 1 atom stereocenters. The van der Waals surface area contributed by atoms with Gasteiger partial charge in [-0.25, -0.2) is 12.8 Å². The molecule has 1 fully saturated rings. The zero-order chi connectivity index (χ0) is 19.6. The van der Waals surface area contributed by atoms with E-state index in [0.717, 1.165) is 5.56 Å². The number of hydrogen-bond donors (Lipinski definition) is 1. The Labute approximate surface area is 163 Å². The van der Waals surface area contributed by atoms with Crippen molar-refractivity contribution in [1.29, 1.82) is 0 Å². The van der Waals surface area contributed by atoms with E-state index in [1.807, 2.05) is 0 Å². The van der Waals surface area contributed by atoms with E-state index in [2.05, 4.69) is 5.32 Å². The van der Waals surface area contributed by atoms with Gasteiger partial charge in [0.2, 0.25) is 15.9 Å². The minimum Gasteiger partial charge on any atom is -0.325 e. The third kappa shape index (κ3) is 4.48. The molecule has 2 aromatic carbocycles. The van der Waals surface area contributed by atoms with Gasteiger partial charge in [-0.05, 0) is 61.7 Å². The van der Waals surface area contributed by atoms with Crippen LogP contribution in [0.4, 0.5) is 10.1 Å². The molecule has 5 nitrogen and oxygen atoms in total. The first-order valence-electron chi connectivity index (χ1n) is 8.60. The maximum absolute atomic E-state index is 13.4. The summed E-state index contributed by atoms with van der Waals surface area (Å²) in [5.41, 5.74) is 1.14. The predicted molar refractivity (Wildman–Crippen MR) is 103 cm³/mol. The molecule has 0 aromatic heterocycles. The van der Waals surface area contributed by atoms with E-state index >= 15 is 0 Å². The Balaban J connectivity index is 1.74. The van der Waals surface area contributed by atoms with Gasteiger partial charge in [-0.15, -0.1) is 0 Å². The molecule has 0 saturated carbocycles. The molecule has 1 amide bonds. The molecular formula is C19H20ClFN2O3S. The maximum Gasteiger partial charge on any atom is 0.243 e. The van der Waals surface area contributed by atoms with Crippen LogP contribution >= 0.6 is 11.6 Å². The summed E-state index contributed by atoms with van der Waals surface area (Å²) in [6, 6.07) is 10.1. The first-order valence-corrected chi connectivity index (χ1v) is 10.4. The average Bonchev–Trinajstić information content (AvgIpc) is 2.65. The molecule has 1 aliphatic rings. The van der Waals surface area contributed by atoms with E-state index in [0.29, 0.717) is 30.1 Å². The Morgan fingerprint density at radius 1 is 1.22 bits per heavy atom. The Bertz CT molecular complexity index is 948. The van der Waals surface area contributed by atoms with Crippen LogP contribution in [0.3, 0.4) is 0 Å². The van der Waals surface area contributed by atoms with Crippen LogP contribution in [0.5, 0.6) is 0 Å². The normalized spacial score (nSPS) is 18.3. The van der Waals surface area contributed by atoms with E-state index in [1.165, 1.54) is 40.7 Å². The standard InChI is InChI=1S/C19H20ClFN2O3S/c1-13-4-7-16(21)11-18(13)22-19(24)14-3-2-10-23(12-14)27(25,26)17-8-5-15(20)6-9-17/h4-9,11,14H,2-3,10,12H2,1H3,(H,22,24). The number of hydrogen-bond acceptors (Lipinski definition) is 3. The number of sulfonamides is 1. The third-order valence-corrected chi connectivity index (χ3v) is 6.80. The van der Waals surface area contributed by atoms with Crippen LogP contribution in [0.1, 0.15) is 18.4 Å². The molecule has 0 spiro atoms. The lowest BCUT2D eigenvalue weighted by molar-refractivity contribution is -0.120. The second kappa shape index (κ2) is 7.96. The molecule has 0 radical (unpaired) electrons. The quantitative estimate of drug-likeness (QED) is 0.833. The van der Waals surface area contributed by atoms with Crippen LogP contribution in [-0.4, -0.2) is 31.7 Å². The fourth-order valence-corrected chi connectivity index (χ4v) is 4.74. The van der Waals surface area contributed by atoms with E-state index < -0.39 is 21.8 Å². The second-order valence-electron chi connectivity index (χ2n) is 6.60. The minimum absolute atomic E-state index is 0.0884. The summed E-state index contributed by atoms with van der Waals surface area (Å²) >= 11 is 5.83. The number of carbonyl (C=O) groups is 1. The number of piperidine rings is 1. The summed E-state index contributed by atoms with van der Waals surface area (Å²) in [6.07, 6.45) is 1.15. The highest BCUT2D eigenvalue weighted by Crippen LogP contribution is 2.26. The van der Waals surface area contributed by atoms with Gasteiger partial charge in [0.15, 0.2) is 0 Å². The van der Waals surface area contributed by atoms with Crippen molar-refractivity contribution in [1.82, 2.24) is 4.31 Å². The first-order chi connectivity index (χ1) is 12.8. The average molecular weight is 411 g/mol. The summed E-state index contributed by atoms with van der Waals surface area (Å²) in [4.78, 5) is 12.8. The zero-order valence-corrected chi connectivity index (χ0v) is 16.4. The van der Waals surface area contributed by atoms with Crippen molar-refractivity contribution in [2.75, 3.05) is 18.4 Å². The Kier molecular flexibility index (Phi) is 5.83. The summed E-state index contributed by atoms with van der Waals surface area (Å²) < 4.78 is 40.4. The van der Waals surface area contributed by atoms with Crippen LogP contribution in [0.15, 0.2) is 47.4 Å². The molecule has 1 unspecified atom stereocenters. The SMILES string of the molecule is Cc1ccc(F)cc1NC(=O)C1CCCN(S(=O)(=O)c2ccc(Cl)cc2)C1. The molecule has 8 heteroatoms. The summed E-state index contributed by atoms with van der Waals surface area (Å²) in [5, 5.41) is 3.18. The zero-order valence-electron chi connectivity index (χ0n) is 14.8. The Hall–Kier alpha value is -1.96. The summed E-state index contributed by atoms with van der Waals surface area (Å²) in [5.74, 6) is -1.24. The largest absolute Gasteiger partial charge is 0.325 e. The highest BCUT2D eigenvalue weighted by atomic mass is 35.5. The van der Waals surface area contributed by atoms with Gasteiger partial charge >= 0.3 is 0 Å². The number of halogens is 2. The van der Waals surface area contributed by atoms with Crippen molar-refractivity contribution >= 4 is 33.2 Å². The number of nitrogens with one attached hydrogen (secondary N) is 1. The fraction of sp³-hybridized carbons (Fsp3) is 0.316. The van der Waals surface area contributed by atoms with Crippen LogP contribution < -0.4 is 5.32 Å². The molecule has 0 bridgehead atoms. The lowest BCUT2D eigenvalue weighted by atomic mass is 9.98. The van der Waals surface area contributed by atoms with Crippen molar-refractivity contribution in [3.8, 4) is 0 Å². The van der Waals surface area contributed by atoms with E-state index in [9.17, 15) is 17.6 Å². The third-order valence-electron chi connectivity index (χ3n) is 4.66. The number of benzene rings is 2. The van der Waals surface area contributed by atoms with Crippen molar-refractivity contribution in [3.63, 3.8) is 0 Å². The molecule has 1 saturated heterocycles. The number of nitrogens with zero attached hydrogens (tertiary/aromatic N) is 1. The molecule has 1 heterocycles. The van der Waals surface area contributed by atoms with Gasteiger partial charge in [-0.1, -0.05) is 17.7 Å². The van der Waals surface area contributed by atoms with E-state index in [4.69, 9.17) is 11.6 Å². The smallest absolute Gasteiger partial charge is 0.243 e. The van der Waals surface area contributed by atoms with E-state index in [1.54, 1.807) is 13.0 Å². The van der Waals surface area contributed by atoms with Gasteiger partial charge in [0.1, 0.15) is 5.82 Å². The molecule has 2 aromatic rings. The van der Waals surface area contributed by atoms with Gasteiger partial charge in [0, 0.05) is 23.8 Å². The van der Waals surface area contributed by atoms with Gasteiger partial charge in [-0.3, -0.25) is 4.79 Å². The summed E-state index contributed by atoms with van der Waals surface area (Å²) in [7, 11) is -3.70. The molecule has 3 rings (SSSR count). The van der Waals surface area contributed by atoms with Crippen molar-refractivity contribution in [3.05, 3.63) is 58.9 Å². The van der Waals surface area contributed by atoms with Crippen LogP contribution in [0.25, 0.3) is 0 Å². The van der Waals surface area contributed by atoms with E-state index in [-0.39, 0.29) is 17.3 Å². The number of amides is 1. The fourth-order valence-electron chi connectivity index (χ4n) is 3.09. The molecule has 0 aliphatic carbocycles. The van der Waals surface area contributed by atoms with Gasteiger partial charge < -0.3 is 5.32 Å². The van der Waals surface area contributed by atoms with Gasteiger partial charge in [0.05, 0.1) is 10.8 Å². The van der Waals surface area contributed by atoms with Crippen LogP contribution in [0.2, 0.25) is 5.02 Å². The number of anilines is 1. The highest BCUT2D eigenvalue weighted by Gasteiger charge is 2.33. The predicted octanol–water partition coefficient (Wildman–Crippen LogP) is 3.83.